The fraction of sp³-hybridized carbons (Fsp3) is 0.462. The lowest BCUT2D eigenvalue weighted by Crippen LogP contribution is -2.27. The molecule has 0 aliphatic carbocycles. The first-order chi connectivity index (χ1) is 8.88. The van der Waals surface area contributed by atoms with E-state index in [4.69, 9.17) is 5.14 Å². The van der Waals surface area contributed by atoms with Gasteiger partial charge in [-0.1, -0.05) is 24.3 Å². The zero-order valence-corrected chi connectivity index (χ0v) is 11.9. The molecule has 0 unspecified atom stereocenters. The van der Waals surface area contributed by atoms with E-state index in [1.54, 1.807) is 0 Å². The van der Waals surface area contributed by atoms with Gasteiger partial charge in [-0.15, -0.1) is 0 Å². The molecule has 1 aromatic carbocycles. The molecule has 0 fully saturated rings. The van der Waals surface area contributed by atoms with Gasteiger partial charge in [-0.25, -0.2) is 13.6 Å². The van der Waals surface area contributed by atoms with Crippen LogP contribution in [0, 0.1) is 6.92 Å². The molecule has 3 N–H and O–H groups in total. The van der Waals surface area contributed by atoms with Crippen molar-refractivity contribution in [2.45, 2.75) is 26.2 Å². The van der Waals surface area contributed by atoms with E-state index in [1.165, 1.54) is 5.56 Å². The lowest BCUT2D eigenvalue weighted by atomic mass is 10.0. The maximum atomic E-state index is 11.6. The topological polar surface area (TPSA) is 89.3 Å². The number of primary sulfonamides is 1. The number of aryl methyl sites for hydroxylation is 2. The van der Waals surface area contributed by atoms with Crippen molar-refractivity contribution < 1.29 is 13.2 Å². The van der Waals surface area contributed by atoms with Crippen molar-refractivity contribution in [2.24, 2.45) is 5.14 Å². The van der Waals surface area contributed by atoms with Crippen LogP contribution in [-0.4, -0.2) is 26.6 Å². The largest absolute Gasteiger partial charge is 0.356 e. The number of benzene rings is 1. The molecule has 1 rings (SSSR count). The summed E-state index contributed by atoms with van der Waals surface area (Å²) in [6, 6.07) is 7.93. The minimum absolute atomic E-state index is 0.0716. The second-order valence-electron chi connectivity index (χ2n) is 4.50. The van der Waals surface area contributed by atoms with Crippen molar-refractivity contribution in [1.82, 2.24) is 5.32 Å². The molecule has 6 heteroatoms. The molecule has 0 heterocycles. The maximum Gasteiger partial charge on any atom is 0.220 e. The summed E-state index contributed by atoms with van der Waals surface area (Å²) in [7, 11) is -3.43. The molecule has 1 amide bonds. The second kappa shape index (κ2) is 7.25. The van der Waals surface area contributed by atoms with Crippen molar-refractivity contribution in [3.8, 4) is 0 Å². The molecular formula is C13H20N2O3S. The number of carbonyl (C=O) groups is 1. The summed E-state index contributed by atoms with van der Waals surface area (Å²) in [6.45, 7) is 2.35. The van der Waals surface area contributed by atoms with Gasteiger partial charge < -0.3 is 5.32 Å². The standard InChI is InChI=1S/C13H20N2O3S/c1-11-5-2-3-6-12(11)7-8-13(16)15-9-4-10-19(14,17)18/h2-3,5-6H,4,7-10H2,1H3,(H,15,16)(H2,14,17,18). The third kappa shape index (κ3) is 6.93. The molecular weight excluding hydrogens is 264 g/mol. The summed E-state index contributed by atoms with van der Waals surface area (Å²) in [5.41, 5.74) is 2.33. The Hall–Kier alpha value is -1.40. The van der Waals surface area contributed by atoms with E-state index in [-0.39, 0.29) is 11.7 Å². The third-order valence-electron chi connectivity index (χ3n) is 2.81. The number of hydrogen-bond donors (Lipinski definition) is 2. The Labute approximate surface area is 114 Å². The van der Waals surface area contributed by atoms with Crippen LogP contribution in [0.3, 0.4) is 0 Å². The molecule has 0 aromatic heterocycles. The van der Waals surface area contributed by atoms with Gasteiger partial charge in [-0.05, 0) is 30.9 Å². The Balaban J connectivity index is 2.24. The molecule has 0 saturated carbocycles. The van der Waals surface area contributed by atoms with Gasteiger partial charge in [0.1, 0.15) is 0 Å². The van der Waals surface area contributed by atoms with Gasteiger partial charge in [0.25, 0.3) is 0 Å². The van der Waals surface area contributed by atoms with Crippen LogP contribution in [0.1, 0.15) is 24.0 Å². The van der Waals surface area contributed by atoms with Crippen molar-refractivity contribution in [3.05, 3.63) is 35.4 Å². The van der Waals surface area contributed by atoms with Gasteiger partial charge in [0.15, 0.2) is 0 Å². The van der Waals surface area contributed by atoms with Gasteiger partial charge >= 0.3 is 0 Å². The van der Waals surface area contributed by atoms with Crippen LogP contribution in [0.15, 0.2) is 24.3 Å². The number of hydrogen-bond acceptors (Lipinski definition) is 3. The quantitative estimate of drug-likeness (QED) is 0.723. The van der Waals surface area contributed by atoms with Crippen LogP contribution in [0.5, 0.6) is 0 Å². The van der Waals surface area contributed by atoms with Gasteiger partial charge in [-0.3, -0.25) is 4.79 Å². The molecule has 5 nitrogen and oxygen atoms in total. The SMILES string of the molecule is Cc1ccccc1CCC(=O)NCCCS(N)(=O)=O. The monoisotopic (exact) mass is 284 g/mol. The number of rotatable bonds is 7. The highest BCUT2D eigenvalue weighted by atomic mass is 32.2. The highest BCUT2D eigenvalue weighted by Crippen LogP contribution is 2.09. The van der Waals surface area contributed by atoms with E-state index in [2.05, 4.69) is 5.32 Å². The average Bonchev–Trinajstić information content (AvgIpc) is 2.32. The van der Waals surface area contributed by atoms with E-state index in [0.29, 0.717) is 25.8 Å². The minimum atomic E-state index is -3.43. The zero-order chi connectivity index (χ0) is 14.3. The van der Waals surface area contributed by atoms with Crippen LogP contribution in [0.4, 0.5) is 0 Å². The molecule has 0 radical (unpaired) electrons. The summed E-state index contributed by atoms with van der Waals surface area (Å²) in [5.74, 6) is -0.178. The predicted octanol–water partition coefficient (Wildman–Crippen LogP) is 0.722. The first-order valence-electron chi connectivity index (χ1n) is 6.20. The summed E-state index contributed by atoms with van der Waals surface area (Å²) < 4.78 is 21.4. The van der Waals surface area contributed by atoms with Crippen LogP contribution in [0.25, 0.3) is 0 Å². The van der Waals surface area contributed by atoms with Crippen LogP contribution >= 0.6 is 0 Å². The summed E-state index contributed by atoms with van der Waals surface area (Å²) >= 11 is 0. The Bertz CT molecular complexity index is 526. The first-order valence-corrected chi connectivity index (χ1v) is 7.92. The number of nitrogens with two attached hydrogens (primary N) is 1. The average molecular weight is 284 g/mol. The Morgan fingerprint density at radius 1 is 1.32 bits per heavy atom. The molecule has 106 valence electrons. The lowest BCUT2D eigenvalue weighted by molar-refractivity contribution is -0.121. The van der Waals surface area contributed by atoms with E-state index in [9.17, 15) is 13.2 Å². The van der Waals surface area contributed by atoms with E-state index in [0.717, 1.165) is 5.56 Å². The fourth-order valence-corrected chi connectivity index (χ4v) is 2.28. The molecule has 0 bridgehead atoms. The molecule has 1 aromatic rings. The van der Waals surface area contributed by atoms with Crippen LogP contribution < -0.4 is 10.5 Å². The summed E-state index contributed by atoms with van der Waals surface area (Å²) in [6.07, 6.45) is 1.43. The van der Waals surface area contributed by atoms with Crippen LogP contribution in [-0.2, 0) is 21.2 Å². The molecule has 0 aliphatic heterocycles. The summed E-state index contributed by atoms with van der Waals surface area (Å²) in [4.78, 5) is 11.6. The van der Waals surface area contributed by atoms with Gasteiger partial charge in [0.05, 0.1) is 5.75 Å². The zero-order valence-electron chi connectivity index (χ0n) is 11.1. The van der Waals surface area contributed by atoms with E-state index >= 15 is 0 Å². The summed E-state index contributed by atoms with van der Waals surface area (Å²) in [5, 5.41) is 7.55. The Morgan fingerprint density at radius 2 is 2.00 bits per heavy atom. The van der Waals surface area contributed by atoms with Crippen molar-refractivity contribution in [1.29, 1.82) is 0 Å². The number of carbonyl (C=O) groups excluding carboxylic acids is 1. The number of sulfonamides is 1. The maximum absolute atomic E-state index is 11.6. The van der Waals surface area contributed by atoms with Crippen molar-refractivity contribution in [2.75, 3.05) is 12.3 Å². The van der Waals surface area contributed by atoms with Gasteiger partial charge in [0.2, 0.25) is 15.9 Å². The number of nitrogens with one attached hydrogen (secondary N) is 1. The first kappa shape index (κ1) is 15.7. The van der Waals surface area contributed by atoms with E-state index < -0.39 is 10.0 Å². The van der Waals surface area contributed by atoms with E-state index in [1.807, 2.05) is 31.2 Å². The predicted molar refractivity (Wildman–Crippen MR) is 75.1 cm³/mol. The van der Waals surface area contributed by atoms with Gasteiger partial charge in [-0.2, -0.15) is 0 Å². The Kier molecular flexibility index (Phi) is 5.98. The number of amides is 1. The van der Waals surface area contributed by atoms with Crippen molar-refractivity contribution in [3.63, 3.8) is 0 Å². The molecule has 0 saturated heterocycles. The van der Waals surface area contributed by atoms with Gasteiger partial charge in [0, 0.05) is 13.0 Å². The molecule has 0 spiro atoms. The normalized spacial score (nSPS) is 11.3. The third-order valence-corrected chi connectivity index (χ3v) is 3.67. The Morgan fingerprint density at radius 3 is 2.63 bits per heavy atom. The second-order valence-corrected chi connectivity index (χ2v) is 6.23. The van der Waals surface area contributed by atoms with Crippen molar-refractivity contribution >= 4 is 15.9 Å². The molecule has 0 aliphatic rings. The fourth-order valence-electron chi connectivity index (χ4n) is 1.73. The molecule has 19 heavy (non-hydrogen) atoms. The lowest BCUT2D eigenvalue weighted by Gasteiger charge is -2.06. The highest BCUT2D eigenvalue weighted by molar-refractivity contribution is 7.89. The smallest absolute Gasteiger partial charge is 0.220 e. The minimum Gasteiger partial charge on any atom is -0.356 e. The highest BCUT2D eigenvalue weighted by Gasteiger charge is 2.05. The molecule has 0 atom stereocenters. The van der Waals surface area contributed by atoms with Crippen LogP contribution in [0.2, 0.25) is 0 Å².